The number of halogens is 2. The van der Waals surface area contributed by atoms with Crippen molar-refractivity contribution < 1.29 is 9.18 Å². The summed E-state index contributed by atoms with van der Waals surface area (Å²) in [6.07, 6.45) is 2.85. The first-order valence-electron chi connectivity index (χ1n) is 7.85. The van der Waals surface area contributed by atoms with E-state index in [1.54, 1.807) is 0 Å². The maximum atomic E-state index is 13.2. The number of rotatable bonds is 4. The summed E-state index contributed by atoms with van der Waals surface area (Å²) in [7, 11) is 0. The van der Waals surface area contributed by atoms with E-state index in [-0.39, 0.29) is 10.7 Å². The zero-order chi connectivity index (χ0) is 18.7. The molecule has 0 saturated carbocycles. The van der Waals surface area contributed by atoms with Crippen molar-refractivity contribution in [3.05, 3.63) is 76.5 Å². The van der Waals surface area contributed by atoms with E-state index in [0.29, 0.717) is 11.5 Å². The van der Waals surface area contributed by atoms with Gasteiger partial charge in [0.15, 0.2) is 0 Å². The van der Waals surface area contributed by atoms with Crippen molar-refractivity contribution >= 4 is 34.7 Å². The Kier molecular flexibility index (Phi) is 5.14. The molecule has 0 fully saturated rings. The maximum Gasteiger partial charge on any atom is 0.275 e. The van der Waals surface area contributed by atoms with Crippen LogP contribution in [0, 0.1) is 19.7 Å². The van der Waals surface area contributed by atoms with Gasteiger partial charge in [-0.3, -0.25) is 4.79 Å². The Morgan fingerprint density at radius 3 is 2.58 bits per heavy atom. The van der Waals surface area contributed by atoms with Gasteiger partial charge in [0, 0.05) is 11.4 Å². The summed E-state index contributed by atoms with van der Waals surface area (Å²) in [5.41, 5.74) is 3.64. The molecule has 0 aliphatic rings. The number of benzene rings is 2. The molecule has 0 bridgehead atoms. The van der Waals surface area contributed by atoms with E-state index in [1.807, 2.05) is 32.0 Å². The molecular weight excluding hydrogens is 355 g/mol. The van der Waals surface area contributed by atoms with E-state index in [1.165, 1.54) is 30.6 Å². The lowest BCUT2D eigenvalue weighted by Crippen LogP contribution is -2.14. The molecule has 7 heteroatoms. The van der Waals surface area contributed by atoms with Gasteiger partial charge in [-0.25, -0.2) is 14.4 Å². The Balaban J connectivity index is 1.71. The first kappa shape index (κ1) is 17.8. The number of hydrogen-bond acceptors (Lipinski definition) is 4. The third-order valence-electron chi connectivity index (χ3n) is 3.72. The molecule has 0 unspecified atom stereocenters. The molecule has 132 valence electrons. The van der Waals surface area contributed by atoms with Crippen molar-refractivity contribution in [3.8, 4) is 0 Å². The van der Waals surface area contributed by atoms with Crippen molar-refractivity contribution in [2.24, 2.45) is 0 Å². The van der Waals surface area contributed by atoms with Crippen LogP contribution in [-0.2, 0) is 0 Å². The van der Waals surface area contributed by atoms with Crippen LogP contribution in [-0.4, -0.2) is 15.9 Å². The minimum atomic E-state index is -0.550. The highest BCUT2D eigenvalue weighted by Crippen LogP contribution is 2.21. The lowest BCUT2D eigenvalue weighted by molar-refractivity contribution is 0.102. The van der Waals surface area contributed by atoms with Gasteiger partial charge in [0.25, 0.3) is 5.91 Å². The zero-order valence-corrected chi connectivity index (χ0v) is 14.9. The molecule has 2 aromatic carbocycles. The molecule has 0 spiro atoms. The minimum absolute atomic E-state index is 0.0676. The SMILES string of the molecule is Cc1ccc(C)c(Nc2cnc(C(=O)Nc3ccc(F)c(Cl)c3)cn2)c1. The van der Waals surface area contributed by atoms with Gasteiger partial charge in [0.05, 0.1) is 17.4 Å². The third kappa shape index (κ3) is 4.15. The number of nitrogens with zero attached hydrogens (tertiary/aromatic N) is 2. The van der Waals surface area contributed by atoms with Crippen LogP contribution in [0.4, 0.5) is 21.6 Å². The van der Waals surface area contributed by atoms with Gasteiger partial charge in [0.1, 0.15) is 17.3 Å². The van der Waals surface area contributed by atoms with E-state index in [2.05, 4.69) is 20.6 Å². The molecule has 3 aromatic rings. The fraction of sp³-hybridized carbons (Fsp3) is 0.105. The lowest BCUT2D eigenvalue weighted by atomic mass is 10.1. The predicted octanol–water partition coefficient (Wildman–Crippen LogP) is 4.88. The highest BCUT2D eigenvalue weighted by atomic mass is 35.5. The predicted molar refractivity (Wildman–Crippen MR) is 101 cm³/mol. The standard InChI is InChI=1S/C19H16ClFN4O/c1-11-3-4-12(2)16(7-11)25-18-10-22-17(9-23-18)19(26)24-13-5-6-15(21)14(20)8-13/h3-10H,1-2H3,(H,23,25)(H,24,26). The number of nitrogens with one attached hydrogen (secondary N) is 2. The lowest BCUT2D eigenvalue weighted by Gasteiger charge is -2.10. The summed E-state index contributed by atoms with van der Waals surface area (Å²) in [5.74, 6) is -0.482. The summed E-state index contributed by atoms with van der Waals surface area (Å²) in [6.45, 7) is 4.00. The zero-order valence-electron chi connectivity index (χ0n) is 14.2. The topological polar surface area (TPSA) is 66.9 Å². The number of carbonyl (C=O) groups excluding carboxylic acids is 1. The first-order chi connectivity index (χ1) is 12.4. The molecule has 0 saturated heterocycles. The van der Waals surface area contributed by atoms with E-state index in [0.717, 1.165) is 16.8 Å². The van der Waals surface area contributed by atoms with Crippen molar-refractivity contribution in [3.63, 3.8) is 0 Å². The Morgan fingerprint density at radius 1 is 1.08 bits per heavy atom. The minimum Gasteiger partial charge on any atom is -0.339 e. The van der Waals surface area contributed by atoms with Crippen molar-refractivity contribution in [1.29, 1.82) is 0 Å². The molecule has 0 aliphatic carbocycles. The number of carbonyl (C=O) groups is 1. The molecule has 2 N–H and O–H groups in total. The van der Waals surface area contributed by atoms with E-state index in [4.69, 9.17) is 11.6 Å². The van der Waals surface area contributed by atoms with Crippen LogP contribution in [0.15, 0.2) is 48.8 Å². The largest absolute Gasteiger partial charge is 0.339 e. The third-order valence-corrected chi connectivity index (χ3v) is 4.01. The monoisotopic (exact) mass is 370 g/mol. The molecule has 1 heterocycles. The van der Waals surface area contributed by atoms with E-state index >= 15 is 0 Å². The summed E-state index contributed by atoms with van der Waals surface area (Å²) in [6, 6.07) is 9.99. The molecular formula is C19H16ClFN4O. The average molecular weight is 371 g/mol. The fourth-order valence-electron chi connectivity index (χ4n) is 2.29. The summed E-state index contributed by atoms with van der Waals surface area (Å²) < 4.78 is 13.2. The van der Waals surface area contributed by atoms with E-state index < -0.39 is 11.7 Å². The second-order valence-corrected chi connectivity index (χ2v) is 6.22. The first-order valence-corrected chi connectivity index (χ1v) is 8.23. The van der Waals surface area contributed by atoms with Gasteiger partial charge in [-0.15, -0.1) is 0 Å². The summed E-state index contributed by atoms with van der Waals surface area (Å²) >= 11 is 5.70. The molecule has 0 aliphatic heterocycles. The number of amides is 1. The van der Waals surface area contributed by atoms with Crippen LogP contribution in [0.3, 0.4) is 0 Å². The van der Waals surface area contributed by atoms with Crippen molar-refractivity contribution in [1.82, 2.24) is 9.97 Å². The van der Waals surface area contributed by atoms with Gasteiger partial charge in [-0.05, 0) is 49.2 Å². The highest BCUT2D eigenvalue weighted by molar-refractivity contribution is 6.31. The van der Waals surface area contributed by atoms with Gasteiger partial charge in [0.2, 0.25) is 0 Å². The van der Waals surface area contributed by atoms with Gasteiger partial charge >= 0.3 is 0 Å². The Labute approximate surface area is 155 Å². The average Bonchev–Trinajstić information content (AvgIpc) is 2.62. The van der Waals surface area contributed by atoms with Crippen LogP contribution in [0.5, 0.6) is 0 Å². The van der Waals surface area contributed by atoms with Crippen molar-refractivity contribution in [2.75, 3.05) is 10.6 Å². The Morgan fingerprint density at radius 2 is 1.88 bits per heavy atom. The van der Waals surface area contributed by atoms with Crippen molar-refractivity contribution in [2.45, 2.75) is 13.8 Å². The fourth-order valence-corrected chi connectivity index (χ4v) is 2.47. The highest BCUT2D eigenvalue weighted by Gasteiger charge is 2.10. The molecule has 0 atom stereocenters. The molecule has 5 nitrogen and oxygen atoms in total. The Hall–Kier alpha value is -2.99. The van der Waals surface area contributed by atoms with Crippen LogP contribution < -0.4 is 10.6 Å². The molecule has 0 radical (unpaired) electrons. The van der Waals surface area contributed by atoms with Gasteiger partial charge in [-0.2, -0.15) is 0 Å². The Bertz CT molecular complexity index is 960. The van der Waals surface area contributed by atoms with Gasteiger partial charge in [-0.1, -0.05) is 23.7 Å². The van der Waals surface area contributed by atoms with Crippen LogP contribution in [0.1, 0.15) is 21.6 Å². The van der Waals surface area contributed by atoms with Crippen LogP contribution >= 0.6 is 11.6 Å². The number of hydrogen-bond donors (Lipinski definition) is 2. The number of anilines is 3. The number of aryl methyl sites for hydroxylation is 2. The normalized spacial score (nSPS) is 10.5. The van der Waals surface area contributed by atoms with Gasteiger partial charge < -0.3 is 10.6 Å². The smallest absolute Gasteiger partial charge is 0.275 e. The van der Waals surface area contributed by atoms with Crippen LogP contribution in [0.2, 0.25) is 5.02 Å². The second-order valence-electron chi connectivity index (χ2n) is 5.81. The second kappa shape index (κ2) is 7.49. The number of aromatic nitrogens is 2. The molecule has 3 rings (SSSR count). The molecule has 1 aromatic heterocycles. The summed E-state index contributed by atoms with van der Waals surface area (Å²) in [5, 5.41) is 5.71. The summed E-state index contributed by atoms with van der Waals surface area (Å²) in [4.78, 5) is 20.5. The maximum absolute atomic E-state index is 13.2. The quantitative estimate of drug-likeness (QED) is 0.686. The van der Waals surface area contributed by atoms with Crippen LogP contribution in [0.25, 0.3) is 0 Å². The van der Waals surface area contributed by atoms with E-state index in [9.17, 15) is 9.18 Å². The molecule has 26 heavy (non-hydrogen) atoms. The molecule has 1 amide bonds.